The number of carboxylic acids is 1. The van der Waals surface area contributed by atoms with Gasteiger partial charge in [0, 0.05) is 18.7 Å². The van der Waals surface area contributed by atoms with Crippen molar-refractivity contribution in [3.63, 3.8) is 0 Å². The Morgan fingerprint density at radius 1 is 1.05 bits per heavy atom. The van der Waals surface area contributed by atoms with Gasteiger partial charge >= 0.3 is 24.5 Å². The summed E-state index contributed by atoms with van der Waals surface area (Å²) >= 11 is 6.10. The molecule has 1 aromatic heterocycles. The zero-order chi connectivity index (χ0) is 30.1. The van der Waals surface area contributed by atoms with Crippen molar-refractivity contribution >= 4 is 23.6 Å². The number of hydrogen-bond donors (Lipinski definition) is 3. The summed E-state index contributed by atoms with van der Waals surface area (Å²) in [5, 5.41) is 16.0. The predicted molar refractivity (Wildman–Crippen MR) is 146 cm³/mol. The van der Waals surface area contributed by atoms with E-state index in [2.05, 4.69) is 20.4 Å². The lowest BCUT2D eigenvalue weighted by Gasteiger charge is -2.37. The Morgan fingerprint density at radius 2 is 1.79 bits per heavy atom. The number of rotatable bonds is 10. The van der Waals surface area contributed by atoms with E-state index in [1.54, 1.807) is 42.5 Å². The number of halogens is 5. The van der Waals surface area contributed by atoms with Crippen molar-refractivity contribution in [2.45, 2.75) is 49.8 Å². The van der Waals surface area contributed by atoms with E-state index in [0.717, 1.165) is 30.5 Å². The number of nitrogens with zero attached hydrogens (tertiary/aromatic N) is 1. The van der Waals surface area contributed by atoms with Crippen LogP contribution in [-0.2, 0) is 16.8 Å². The molecule has 0 radical (unpaired) electrons. The molecule has 2 amide bonds. The normalized spacial score (nSPS) is 22.9. The van der Waals surface area contributed by atoms with E-state index < -0.39 is 47.8 Å². The minimum Gasteiger partial charge on any atom is -0.481 e. The van der Waals surface area contributed by atoms with Gasteiger partial charge < -0.3 is 20.5 Å². The number of carbonyl (C=O) groups is 2. The number of fused-ring (bicyclic) bond motifs is 2. The van der Waals surface area contributed by atoms with Crippen LogP contribution in [-0.4, -0.2) is 40.7 Å². The molecule has 2 aromatic carbocycles. The first-order valence-corrected chi connectivity index (χ1v) is 13.8. The molecule has 2 aliphatic carbocycles. The van der Waals surface area contributed by atoms with Crippen molar-refractivity contribution < 1.29 is 37.0 Å². The Balaban J connectivity index is 1.58. The number of hydrogen-bond acceptors (Lipinski definition) is 4. The van der Waals surface area contributed by atoms with Crippen LogP contribution in [0.3, 0.4) is 0 Å². The zero-order valence-electron chi connectivity index (χ0n) is 22.2. The third-order valence-corrected chi connectivity index (χ3v) is 8.36. The van der Waals surface area contributed by atoms with Gasteiger partial charge in [0.05, 0.1) is 16.6 Å². The van der Waals surface area contributed by atoms with Gasteiger partial charge in [-0.2, -0.15) is 17.6 Å². The Labute approximate surface area is 244 Å². The quantitative estimate of drug-likeness (QED) is 0.237. The molecular formula is C30H28ClF4N3O4. The van der Waals surface area contributed by atoms with E-state index in [0.29, 0.717) is 11.4 Å². The van der Waals surface area contributed by atoms with Gasteiger partial charge in [0.25, 0.3) is 0 Å². The van der Waals surface area contributed by atoms with Crippen molar-refractivity contribution in [2.24, 2.45) is 17.8 Å². The maximum absolute atomic E-state index is 13.9. The van der Waals surface area contributed by atoms with Crippen LogP contribution >= 0.6 is 11.6 Å². The summed E-state index contributed by atoms with van der Waals surface area (Å²) in [5.41, 5.74) is -0.346. The summed E-state index contributed by atoms with van der Waals surface area (Å²) < 4.78 is 58.0. The van der Waals surface area contributed by atoms with E-state index in [1.807, 2.05) is 0 Å². The molecule has 42 heavy (non-hydrogen) atoms. The van der Waals surface area contributed by atoms with Gasteiger partial charge in [-0.3, -0.25) is 9.78 Å². The molecule has 3 N–H and O–H groups in total. The van der Waals surface area contributed by atoms with Crippen molar-refractivity contribution in [2.75, 3.05) is 0 Å². The van der Waals surface area contributed by atoms with Gasteiger partial charge in [-0.15, -0.1) is 0 Å². The van der Waals surface area contributed by atoms with Crippen LogP contribution in [0.15, 0.2) is 72.9 Å². The molecule has 12 heteroatoms. The molecule has 7 nitrogen and oxygen atoms in total. The average Bonchev–Trinajstić information content (AvgIpc) is 3.55. The Morgan fingerprint density at radius 3 is 2.45 bits per heavy atom. The minimum absolute atomic E-state index is 0.00679. The van der Waals surface area contributed by atoms with Crippen LogP contribution in [0.2, 0.25) is 5.02 Å². The monoisotopic (exact) mass is 605 g/mol. The lowest BCUT2D eigenvalue weighted by molar-refractivity contribution is -0.253. The number of nitrogens with one attached hydrogen (secondary N) is 2. The lowest BCUT2D eigenvalue weighted by atomic mass is 9.80. The third kappa shape index (κ3) is 6.01. The molecule has 2 aliphatic rings. The molecule has 1 heterocycles. The van der Waals surface area contributed by atoms with E-state index in [4.69, 9.17) is 11.6 Å². The molecule has 2 saturated carbocycles. The maximum Gasteiger partial charge on any atom is 0.461 e. The Kier molecular flexibility index (Phi) is 8.32. The number of carboxylic acid groups (broad SMARTS) is 1. The van der Waals surface area contributed by atoms with Gasteiger partial charge in [-0.25, -0.2) is 4.79 Å². The summed E-state index contributed by atoms with van der Waals surface area (Å²) in [6.07, 6.45) is -5.12. The van der Waals surface area contributed by atoms with Crippen molar-refractivity contribution in [3.8, 4) is 5.75 Å². The smallest absolute Gasteiger partial charge is 0.461 e. The van der Waals surface area contributed by atoms with E-state index in [9.17, 15) is 32.3 Å². The van der Waals surface area contributed by atoms with Gasteiger partial charge in [-0.1, -0.05) is 54.1 Å². The lowest BCUT2D eigenvalue weighted by Crippen LogP contribution is -2.57. The molecule has 222 valence electrons. The van der Waals surface area contributed by atoms with Crippen LogP contribution in [0.1, 0.15) is 36.1 Å². The third-order valence-electron chi connectivity index (χ3n) is 8.14. The fraction of sp³-hybridized carbons (Fsp3) is 0.367. The number of benzene rings is 2. The number of pyridine rings is 1. The molecule has 5 atom stereocenters. The second kappa shape index (κ2) is 11.8. The molecule has 0 aliphatic heterocycles. The molecule has 3 aromatic rings. The van der Waals surface area contributed by atoms with Crippen LogP contribution < -0.4 is 15.4 Å². The van der Waals surface area contributed by atoms with E-state index in [-0.39, 0.29) is 29.5 Å². The average molecular weight is 606 g/mol. The molecule has 2 fully saturated rings. The van der Waals surface area contributed by atoms with Crippen LogP contribution in [0.4, 0.5) is 22.4 Å². The maximum atomic E-state index is 13.9. The number of aliphatic carboxylic acids is 1. The predicted octanol–water partition coefficient (Wildman–Crippen LogP) is 6.26. The van der Waals surface area contributed by atoms with Crippen LogP contribution in [0.5, 0.6) is 5.75 Å². The summed E-state index contributed by atoms with van der Waals surface area (Å²) in [6.45, 7) is 0. The van der Waals surface area contributed by atoms with Crippen LogP contribution in [0, 0.1) is 17.8 Å². The van der Waals surface area contributed by atoms with Crippen molar-refractivity contribution in [1.82, 2.24) is 15.6 Å². The van der Waals surface area contributed by atoms with E-state index in [1.165, 1.54) is 18.3 Å². The van der Waals surface area contributed by atoms with Gasteiger partial charge in [0.1, 0.15) is 11.3 Å². The first-order valence-electron chi connectivity index (χ1n) is 13.4. The van der Waals surface area contributed by atoms with Crippen molar-refractivity contribution in [1.29, 1.82) is 0 Å². The summed E-state index contributed by atoms with van der Waals surface area (Å²) in [7, 11) is 0. The molecule has 2 bridgehead atoms. The summed E-state index contributed by atoms with van der Waals surface area (Å²) in [5.74, 6) is -2.29. The summed E-state index contributed by atoms with van der Waals surface area (Å²) in [4.78, 5) is 30.3. The molecule has 5 rings (SSSR count). The topological polar surface area (TPSA) is 101 Å². The molecular weight excluding hydrogens is 578 g/mol. The second-order valence-corrected chi connectivity index (χ2v) is 11.2. The Hall–Kier alpha value is -3.86. The number of aromatic nitrogens is 1. The van der Waals surface area contributed by atoms with Crippen LogP contribution in [0.25, 0.3) is 0 Å². The highest BCUT2D eigenvalue weighted by Crippen LogP contribution is 2.48. The highest BCUT2D eigenvalue weighted by molar-refractivity contribution is 6.30. The van der Waals surface area contributed by atoms with Gasteiger partial charge in [-0.05, 0) is 66.5 Å². The van der Waals surface area contributed by atoms with E-state index >= 15 is 0 Å². The van der Waals surface area contributed by atoms with Gasteiger partial charge in [0.2, 0.25) is 0 Å². The molecule has 0 unspecified atom stereocenters. The zero-order valence-corrected chi connectivity index (χ0v) is 22.9. The fourth-order valence-electron chi connectivity index (χ4n) is 6.31. The highest BCUT2D eigenvalue weighted by atomic mass is 35.5. The standard InChI is InChI=1S/C30H28ClF4N3O4/c31-21-11-12-23(36-16-21)29(15-17-5-2-1-3-6-17,20-7-4-8-22(14-20)42-30(34,35)27(32)33)38-28(41)37-25-19-10-9-18(13-19)24(25)26(39)40/h1-8,11-12,14,16,18-19,24-25,27H,9-10,13,15H2,(H,39,40)(H2,37,38,41)/t18-,19+,24+,25-,29+/m1/s1. The second-order valence-electron chi connectivity index (χ2n) is 10.7. The first-order chi connectivity index (χ1) is 20.0. The SMILES string of the molecule is O=C(N[C@@H]1[C@H]2CC[C@H](C2)[C@@H]1C(=O)O)N[C@@](Cc1ccccc1)(c1cccc(OC(F)(F)C(F)F)c1)c1ccc(Cl)cn1. The number of urea groups is 1. The largest absolute Gasteiger partial charge is 0.481 e. The number of alkyl halides is 4. The summed E-state index contributed by atoms with van der Waals surface area (Å²) in [6, 6.07) is 15.9. The Bertz CT molecular complexity index is 1430. The minimum atomic E-state index is -4.75. The number of carbonyl (C=O) groups excluding carboxylic acids is 1. The van der Waals surface area contributed by atoms with Crippen molar-refractivity contribution in [3.05, 3.63) is 94.8 Å². The highest BCUT2D eigenvalue weighted by Gasteiger charge is 2.52. The van der Waals surface area contributed by atoms with Gasteiger partial charge in [0.15, 0.2) is 0 Å². The first kappa shape index (κ1) is 29.6. The molecule has 0 saturated heterocycles. The molecule has 0 spiro atoms. The fourth-order valence-corrected chi connectivity index (χ4v) is 6.43. The number of amides is 2. The number of ether oxygens (including phenoxy) is 1.